The van der Waals surface area contributed by atoms with Crippen LogP contribution in [0.5, 0.6) is 0 Å². The summed E-state index contributed by atoms with van der Waals surface area (Å²) in [6, 6.07) is 11.7. The lowest BCUT2D eigenvalue weighted by atomic mass is 10.1. The molecule has 0 radical (unpaired) electrons. The summed E-state index contributed by atoms with van der Waals surface area (Å²) in [5, 5.41) is 4.69. The lowest BCUT2D eigenvalue weighted by Crippen LogP contribution is -2.26. The van der Waals surface area contributed by atoms with Gasteiger partial charge in [-0.05, 0) is 31.0 Å². The van der Waals surface area contributed by atoms with Crippen LogP contribution in [0.15, 0.2) is 67.4 Å². The van der Waals surface area contributed by atoms with Gasteiger partial charge in [-0.3, -0.25) is 14.3 Å². The van der Waals surface area contributed by atoms with E-state index < -0.39 is 0 Å². The van der Waals surface area contributed by atoms with Gasteiger partial charge in [-0.2, -0.15) is 5.10 Å². The molecule has 0 N–H and O–H groups in total. The summed E-state index contributed by atoms with van der Waals surface area (Å²) in [7, 11) is 0. The third kappa shape index (κ3) is 3.27. The molecule has 0 unspecified atom stereocenters. The second-order valence-electron chi connectivity index (χ2n) is 8.32. The summed E-state index contributed by atoms with van der Waals surface area (Å²) in [5.74, 6) is 0.599. The molecular formula is C25H21N7O. The molecule has 0 fully saturated rings. The zero-order chi connectivity index (χ0) is 22.5. The number of aryl methyl sites for hydroxylation is 2. The van der Waals surface area contributed by atoms with Crippen LogP contribution >= 0.6 is 0 Å². The van der Waals surface area contributed by atoms with E-state index in [-0.39, 0.29) is 5.91 Å². The summed E-state index contributed by atoms with van der Waals surface area (Å²) in [5.41, 5.74) is 6.90. The number of nitrogens with zero attached hydrogens (tertiary/aromatic N) is 7. The Hall–Kier alpha value is -4.33. The van der Waals surface area contributed by atoms with Gasteiger partial charge in [0, 0.05) is 54.8 Å². The Morgan fingerprint density at radius 2 is 1.67 bits per heavy atom. The molecular weight excluding hydrogens is 414 g/mol. The predicted octanol–water partition coefficient (Wildman–Crippen LogP) is 3.75. The number of amides is 1. The molecule has 33 heavy (non-hydrogen) atoms. The number of fused-ring (bicyclic) bond motifs is 2. The zero-order valence-electron chi connectivity index (χ0n) is 18.3. The highest BCUT2D eigenvalue weighted by molar-refractivity contribution is 6.06. The van der Waals surface area contributed by atoms with Crippen LogP contribution in [0.3, 0.4) is 0 Å². The van der Waals surface area contributed by atoms with Gasteiger partial charge in [0.25, 0.3) is 5.91 Å². The van der Waals surface area contributed by atoms with Crippen molar-refractivity contribution in [3.63, 3.8) is 0 Å². The number of rotatable bonds is 3. The molecule has 4 aromatic heterocycles. The van der Waals surface area contributed by atoms with Crippen molar-refractivity contribution in [3.05, 3.63) is 95.5 Å². The van der Waals surface area contributed by atoms with Crippen LogP contribution in [0.2, 0.25) is 0 Å². The monoisotopic (exact) mass is 435 g/mol. The largest absolute Gasteiger partial charge is 0.330 e. The first kappa shape index (κ1) is 19.4. The Bertz CT molecular complexity index is 1470. The summed E-state index contributed by atoms with van der Waals surface area (Å²) in [6.07, 6.45) is 9.17. The van der Waals surface area contributed by atoms with Crippen molar-refractivity contribution in [2.24, 2.45) is 0 Å². The molecule has 162 valence electrons. The molecule has 5 heterocycles. The average molecular weight is 435 g/mol. The van der Waals surface area contributed by atoms with Crippen LogP contribution in [0.4, 0.5) is 0 Å². The smallest absolute Gasteiger partial charge is 0.259 e. The van der Waals surface area contributed by atoms with Crippen molar-refractivity contribution in [2.45, 2.75) is 26.9 Å². The molecule has 0 saturated carbocycles. The third-order valence-corrected chi connectivity index (χ3v) is 5.91. The molecule has 0 bridgehead atoms. The van der Waals surface area contributed by atoms with E-state index in [4.69, 9.17) is 5.10 Å². The number of aromatic nitrogens is 6. The van der Waals surface area contributed by atoms with Crippen molar-refractivity contribution in [3.8, 4) is 17.2 Å². The Labute approximate surface area is 190 Å². The van der Waals surface area contributed by atoms with E-state index in [1.807, 2.05) is 72.1 Å². The normalized spacial score (nSPS) is 13.0. The van der Waals surface area contributed by atoms with E-state index in [1.54, 1.807) is 23.1 Å². The van der Waals surface area contributed by atoms with Gasteiger partial charge in [0.15, 0.2) is 0 Å². The van der Waals surface area contributed by atoms with Crippen molar-refractivity contribution in [2.75, 3.05) is 0 Å². The first-order chi connectivity index (χ1) is 16.1. The van der Waals surface area contributed by atoms with Crippen molar-refractivity contribution >= 4 is 11.4 Å². The summed E-state index contributed by atoms with van der Waals surface area (Å²) >= 11 is 0. The molecule has 0 spiro atoms. The van der Waals surface area contributed by atoms with Gasteiger partial charge in [-0.15, -0.1) is 0 Å². The Kier molecular flexibility index (Phi) is 4.33. The number of carbonyl (C=O) groups is 1. The fourth-order valence-electron chi connectivity index (χ4n) is 4.44. The topological polar surface area (TPSA) is 81.2 Å². The number of hydrogen-bond acceptors (Lipinski definition) is 5. The Balaban J connectivity index is 1.35. The van der Waals surface area contributed by atoms with Crippen LogP contribution in [-0.4, -0.2) is 39.9 Å². The molecule has 1 amide bonds. The molecule has 0 aliphatic carbocycles. The minimum Gasteiger partial charge on any atom is -0.330 e. The third-order valence-electron chi connectivity index (χ3n) is 5.91. The maximum atomic E-state index is 13.7. The lowest BCUT2D eigenvalue weighted by Gasteiger charge is -2.16. The Morgan fingerprint density at radius 3 is 2.36 bits per heavy atom. The van der Waals surface area contributed by atoms with Gasteiger partial charge in [0.1, 0.15) is 5.69 Å². The SMILES string of the molecule is Cc1cc(C)nc(-n2cc3c(c2)CN(C(=O)c2c(-c4ccccc4)nn4ccncc24)C3)n1. The highest BCUT2D eigenvalue weighted by Gasteiger charge is 2.30. The molecule has 5 aromatic rings. The fraction of sp³-hybridized carbons (Fsp3) is 0.160. The minimum absolute atomic E-state index is 0.0535. The van der Waals surface area contributed by atoms with E-state index in [2.05, 4.69) is 15.0 Å². The van der Waals surface area contributed by atoms with Crippen LogP contribution in [0, 0.1) is 13.8 Å². The quantitative estimate of drug-likeness (QED) is 0.431. The molecule has 6 rings (SSSR count). The van der Waals surface area contributed by atoms with E-state index >= 15 is 0 Å². The lowest BCUT2D eigenvalue weighted by molar-refractivity contribution is 0.0753. The highest BCUT2D eigenvalue weighted by atomic mass is 16.2. The van der Waals surface area contributed by atoms with Crippen LogP contribution in [0.25, 0.3) is 22.7 Å². The highest BCUT2D eigenvalue weighted by Crippen LogP contribution is 2.31. The molecule has 1 aliphatic heterocycles. The fourth-order valence-corrected chi connectivity index (χ4v) is 4.44. The van der Waals surface area contributed by atoms with Crippen molar-refractivity contribution in [1.82, 2.24) is 34.0 Å². The van der Waals surface area contributed by atoms with Crippen molar-refractivity contribution in [1.29, 1.82) is 0 Å². The maximum Gasteiger partial charge on any atom is 0.259 e. The van der Waals surface area contributed by atoms with Gasteiger partial charge in [0.2, 0.25) is 5.95 Å². The number of benzene rings is 1. The first-order valence-electron chi connectivity index (χ1n) is 10.8. The van der Waals surface area contributed by atoms with Gasteiger partial charge in [-0.25, -0.2) is 14.5 Å². The van der Waals surface area contributed by atoms with E-state index in [9.17, 15) is 4.79 Å². The van der Waals surface area contributed by atoms with Crippen molar-refractivity contribution < 1.29 is 4.79 Å². The zero-order valence-corrected chi connectivity index (χ0v) is 18.3. The van der Waals surface area contributed by atoms with Crippen LogP contribution in [-0.2, 0) is 13.1 Å². The van der Waals surface area contributed by atoms with Crippen LogP contribution < -0.4 is 0 Å². The standard InChI is InChI=1S/C25H21N7O/c1-16-10-17(2)28-25(27-16)31-14-19-12-30(13-20(19)15-31)24(33)22-21-11-26-8-9-32(21)29-23(22)18-6-4-3-5-7-18/h3-11,14-15H,12-13H2,1-2H3. The van der Waals surface area contributed by atoms with Gasteiger partial charge in [0.05, 0.1) is 17.3 Å². The second kappa shape index (κ2) is 7.37. The molecule has 1 aromatic carbocycles. The average Bonchev–Trinajstić information content (AvgIpc) is 3.50. The maximum absolute atomic E-state index is 13.7. The van der Waals surface area contributed by atoms with E-state index in [1.165, 1.54) is 0 Å². The minimum atomic E-state index is -0.0535. The number of carbonyl (C=O) groups excluding carboxylic acids is 1. The second-order valence-corrected chi connectivity index (χ2v) is 8.32. The van der Waals surface area contributed by atoms with Gasteiger partial charge >= 0.3 is 0 Å². The first-order valence-corrected chi connectivity index (χ1v) is 10.8. The van der Waals surface area contributed by atoms with Gasteiger partial charge < -0.3 is 4.90 Å². The molecule has 8 heteroatoms. The summed E-state index contributed by atoms with van der Waals surface area (Å²) < 4.78 is 3.66. The van der Waals surface area contributed by atoms with Gasteiger partial charge in [-0.1, -0.05) is 30.3 Å². The van der Waals surface area contributed by atoms with E-state index in [0.29, 0.717) is 35.8 Å². The number of hydrogen-bond donors (Lipinski definition) is 0. The molecule has 0 saturated heterocycles. The molecule has 1 aliphatic rings. The van der Waals surface area contributed by atoms with E-state index in [0.717, 1.165) is 28.1 Å². The summed E-state index contributed by atoms with van der Waals surface area (Å²) in [4.78, 5) is 28.9. The molecule has 0 atom stereocenters. The van der Waals surface area contributed by atoms with Crippen LogP contribution in [0.1, 0.15) is 32.9 Å². The molecule has 8 nitrogen and oxygen atoms in total. The predicted molar refractivity (Wildman–Crippen MR) is 123 cm³/mol. The summed E-state index contributed by atoms with van der Waals surface area (Å²) in [6.45, 7) is 4.98. The Morgan fingerprint density at radius 1 is 0.970 bits per heavy atom.